The summed E-state index contributed by atoms with van der Waals surface area (Å²) in [6.07, 6.45) is 1.38. The van der Waals surface area contributed by atoms with Gasteiger partial charge in [-0.15, -0.1) is 0 Å². The number of carbonyl (C=O) groups is 1. The number of hydrogen-bond donors (Lipinski definition) is 1. The van der Waals surface area contributed by atoms with Crippen LogP contribution in [0.25, 0.3) is 0 Å². The van der Waals surface area contributed by atoms with Crippen molar-refractivity contribution < 1.29 is 14.3 Å². The molecule has 0 unspecified atom stereocenters. The van der Waals surface area contributed by atoms with Crippen molar-refractivity contribution >= 4 is 21.8 Å². The fourth-order valence-corrected chi connectivity index (χ4v) is 2.73. The number of rotatable bonds is 9. The molecule has 0 fully saturated rings. The second-order valence-corrected chi connectivity index (χ2v) is 7.34. The van der Waals surface area contributed by atoms with Crippen LogP contribution in [0.1, 0.15) is 32.8 Å². The summed E-state index contributed by atoms with van der Waals surface area (Å²) in [6.45, 7) is 6.39. The highest BCUT2D eigenvalue weighted by atomic mass is 79.9. The van der Waals surface area contributed by atoms with Crippen molar-refractivity contribution in [1.82, 2.24) is 5.32 Å². The Morgan fingerprint density at radius 1 is 1.04 bits per heavy atom. The highest BCUT2D eigenvalue weighted by Gasteiger charge is 2.13. The summed E-state index contributed by atoms with van der Waals surface area (Å²) in [6, 6.07) is 15.5. The van der Waals surface area contributed by atoms with Crippen molar-refractivity contribution in [2.24, 2.45) is 0 Å². The Kier molecular flexibility index (Phi) is 7.98. The van der Waals surface area contributed by atoms with E-state index in [1.165, 1.54) is 5.56 Å². The lowest BCUT2D eigenvalue weighted by atomic mass is 10.1. The molecule has 0 saturated carbocycles. The van der Waals surface area contributed by atoms with Gasteiger partial charge in [0.2, 0.25) is 0 Å². The Morgan fingerprint density at radius 2 is 1.77 bits per heavy atom. The van der Waals surface area contributed by atoms with Crippen LogP contribution in [0.2, 0.25) is 0 Å². The average molecular weight is 420 g/mol. The molecular weight excluding hydrogens is 394 g/mol. The molecule has 26 heavy (non-hydrogen) atoms. The molecule has 0 aliphatic rings. The fraction of sp³-hybridized carbons (Fsp3) is 0.381. The number of aryl methyl sites for hydroxylation is 1. The number of amides is 1. The Morgan fingerprint density at radius 3 is 2.46 bits per heavy atom. The van der Waals surface area contributed by atoms with Crippen molar-refractivity contribution in [2.45, 2.75) is 45.8 Å². The molecule has 2 aromatic carbocycles. The smallest absolute Gasteiger partial charge is 0.260 e. The van der Waals surface area contributed by atoms with Crippen LogP contribution in [0.5, 0.6) is 11.5 Å². The van der Waals surface area contributed by atoms with Gasteiger partial charge in [0.1, 0.15) is 11.5 Å². The predicted molar refractivity (Wildman–Crippen MR) is 108 cm³/mol. The molecule has 2 aromatic rings. The van der Waals surface area contributed by atoms with Gasteiger partial charge in [0.05, 0.1) is 6.10 Å². The maximum atomic E-state index is 12.1. The predicted octanol–water partition coefficient (Wildman–Crippen LogP) is 4.75. The number of hydrogen-bond acceptors (Lipinski definition) is 3. The summed E-state index contributed by atoms with van der Waals surface area (Å²) >= 11 is 3.38. The zero-order chi connectivity index (χ0) is 18.9. The quantitative estimate of drug-likeness (QED) is 0.596. The van der Waals surface area contributed by atoms with Crippen LogP contribution in [0.3, 0.4) is 0 Å². The van der Waals surface area contributed by atoms with Crippen molar-refractivity contribution in [1.29, 1.82) is 0 Å². The van der Waals surface area contributed by atoms with Crippen LogP contribution in [0.15, 0.2) is 53.0 Å². The van der Waals surface area contributed by atoms with E-state index in [-0.39, 0.29) is 12.0 Å². The van der Waals surface area contributed by atoms with Gasteiger partial charge >= 0.3 is 0 Å². The van der Waals surface area contributed by atoms with Crippen LogP contribution >= 0.6 is 15.9 Å². The van der Waals surface area contributed by atoms with Crippen LogP contribution in [0, 0.1) is 0 Å². The molecule has 0 heterocycles. The summed E-state index contributed by atoms with van der Waals surface area (Å²) in [4.78, 5) is 12.1. The average Bonchev–Trinajstić information content (AvgIpc) is 2.60. The molecule has 1 amide bonds. The Bertz CT molecular complexity index is 701. The number of ether oxygens (including phenoxy) is 2. The maximum absolute atomic E-state index is 12.1. The molecule has 1 N–H and O–H groups in total. The topological polar surface area (TPSA) is 47.6 Å². The summed E-state index contributed by atoms with van der Waals surface area (Å²) in [5.74, 6) is 1.46. The molecule has 0 bridgehead atoms. The third-order valence-electron chi connectivity index (χ3n) is 3.71. The first-order valence-corrected chi connectivity index (χ1v) is 9.69. The van der Waals surface area contributed by atoms with E-state index < -0.39 is 6.10 Å². The van der Waals surface area contributed by atoms with E-state index in [4.69, 9.17) is 9.47 Å². The highest BCUT2D eigenvalue weighted by molar-refractivity contribution is 9.10. The molecule has 0 aliphatic carbocycles. The lowest BCUT2D eigenvalue weighted by molar-refractivity contribution is -0.127. The minimum Gasteiger partial charge on any atom is -0.491 e. The van der Waals surface area contributed by atoms with E-state index in [1.54, 1.807) is 6.92 Å². The SMILES string of the molecule is CC(C)Oc1cccc(CCCNC(=O)[C@@H](C)Oc2ccc(Br)cc2)c1. The second-order valence-electron chi connectivity index (χ2n) is 6.42. The van der Waals surface area contributed by atoms with Crippen LogP contribution in [-0.2, 0) is 11.2 Å². The molecule has 1 atom stereocenters. The first-order chi connectivity index (χ1) is 12.4. The van der Waals surface area contributed by atoms with E-state index in [2.05, 4.69) is 33.4 Å². The van der Waals surface area contributed by atoms with Gasteiger partial charge in [0.15, 0.2) is 6.10 Å². The fourth-order valence-electron chi connectivity index (χ4n) is 2.47. The van der Waals surface area contributed by atoms with Crippen molar-refractivity contribution in [3.8, 4) is 11.5 Å². The van der Waals surface area contributed by atoms with Crippen molar-refractivity contribution in [3.05, 3.63) is 58.6 Å². The zero-order valence-corrected chi connectivity index (χ0v) is 17.1. The van der Waals surface area contributed by atoms with E-state index >= 15 is 0 Å². The Labute approximate surface area is 164 Å². The van der Waals surface area contributed by atoms with Gasteiger partial charge in [-0.3, -0.25) is 4.79 Å². The third kappa shape index (κ3) is 7.08. The Hall–Kier alpha value is -2.01. The molecule has 2 rings (SSSR count). The van der Waals surface area contributed by atoms with Gasteiger partial charge in [-0.05, 0) is 75.6 Å². The van der Waals surface area contributed by atoms with E-state index in [1.807, 2.05) is 50.2 Å². The van der Waals surface area contributed by atoms with Gasteiger partial charge in [-0.25, -0.2) is 0 Å². The van der Waals surface area contributed by atoms with Crippen LogP contribution < -0.4 is 14.8 Å². The van der Waals surface area contributed by atoms with Crippen LogP contribution in [0.4, 0.5) is 0 Å². The largest absolute Gasteiger partial charge is 0.491 e. The normalized spacial score (nSPS) is 11.9. The van der Waals surface area contributed by atoms with E-state index in [0.29, 0.717) is 12.3 Å². The summed E-state index contributed by atoms with van der Waals surface area (Å²) in [5, 5.41) is 2.93. The number of benzene rings is 2. The number of nitrogens with one attached hydrogen (secondary N) is 1. The highest BCUT2D eigenvalue weighted by Crippen LogP contribution is 2.18. The number of carbonyl (C=O) groups excluding carboxylic acids is 1. The molecule has 140 valence electrons. The minimum atomic E-state index is -0.529. The summed E-state index contributed by atoms with van der Waals surface area (Å²) < 4.78 is 12.3. The molecule has 5 heteroatoms. The van der Waals surface area contributed by atoms with Gasteiger partial charge in [0.25, 0.3) is 5.91 Å². The molecule has 4 nitrogen and oxygen atoms in total. The summed E-state index contributed by atoms with van der Waals surface area (Å²) in [7, 11) is 0. The van der Waals surface area contributed by atoms with E-state index in [9.17, 15) is 4.79 Å². The lowest BCUT2D eigenvalue weighted by Gasteiger charge is -2.15. The second kappa shape index (κ2) is 10.2. The van der Waals surface area contributed by atoms with Crippen LogP contribution in [-0.4, -0.2) is 24.7 Å². The standard InChI is InChI=1S/C21H26BrNO3/c1-15(2)25-20-8-4-6-17(14-20)7-5-13-23-21(24)16(3)26-19-11-9-18(22)10-12-19/h4,6,8-12,14-16H,5,7,13H2,1-3H3,(H,23,24)/t16-/m1/s1. The molecule has 0 spiro atoms. The zero-order valence-electron chi connectivity index (χ0n) is 15.5. The van der Waals surface area contributed by atoms with E-state index in [0.717, 1.165) is 23.1 Å². The molecule has 0 aromatic heterocycles. The maximum Gasteiger partial charge on any atom is 0.260 e. The number of halogens is 1. The van der Waals surface area contributed by atoms with Gasteiger partial charge < -0.3 is 14.8 Å². The van der Waals surface area contributed by atoms with Gasteiger partial charge in [-0.1, -0.05) is 28.1 Å². The monoisotopic (exact) mass is 419 g/mol. The molecule has 0 saturated heterocycles. The first kappa shape index (κ1) is 20.3. The van der Waals surface area contributed by atoms with Crippen molar-refractivity contribution in [3.63, 3.8) is 0 Å². The molecule has 0 radical (unpaired) electrons. The third-order valence-corrected chi connectivity index (χ3v) is 4.24. The lowest BCUT2D eigenvalue weighted by Crippen LogP contribution is -2.36. The van der Waals surface area contributed by atoms with Crippen molar-refractivity contribution in [2.75, 3.05) is 6.54 Å². The minimum absolute atomic E-state index is 0.107. The first-order valence-electron chi connectivity index (χ1n) is 8.89. The Balaban J connectivity index is 1.71. The van der Waals surface area contributed by atoms with Gasteiger partial charge in [0, 0.05) is 11.0 Å². The van der Waals surface area contributed by atoms with Gasteiger partial charge in [-0.2, -0.15) is 0 Å². The summed E-state index contributed by atoms with van der Waals surface area (Å²) in [5.41, 5.74) is 1.21. The molecule has 0 aliphatic heterocycles. The molecular formula is C21H26BrNO3.